The first-order chi connectivity index (χ1) is 6.31. The molecule has 0 radical (unpaired) electrons. The Kier molecular flexibility index (Phi) is 3.33. The molecule has 0 bridgehead atoms. The first-order valence-corrected chi connectivity index (χ1v) is 4.22. The van der Waals surface area contributed by atoms with Gasteiger partial charge in [-0.25, -0.2) is 0 Å². The summed E-state index contributed by atoms with van der Waals surface area (Å²) in [6.45, 7) is 0.533. The van der Waals surface area contributed by atoms with Gasteiger partial charge in [0.05, 0.1) is 0 Å². The third kappa shape index (κ3) is 1.81. The average Bonchev–Trinajstić information content (AvgIpc) is 2.18. The maximum absolute atomic E-state index is 9.50. The van der Waals surface area contributed by atoms with Crippen LogP contribution in [0, 0.1) is 0 Å². The van der Waals surface area contributed by atoms with Gasteiger partial charge in [-0.2, -0.15) is 0 Å². The van der Waals surface area contributed by atoms with E-state index in [1.807, 2.05) is 30.3 Å². The number of phenolic OH excluding ortho intramolecular Hbond substituents is 1. The van der Waals surface area contributed by atoms with Crippen molar-refractivity contribution in [2.24, 2.45) is 5.73 Å². The number of fused-ring (bicyclic) bond motifs is 1. The standard InChI is InChI=1S/C11H11NO.ClH/c12-7-8-4-5-10-9(6-8)2-1-3-11(10)13;/h1-6,13H,7,12H2;1H. The molecule has 0 saturated carbocycles. The molecule has 0 spiro atoms. The fourth-order valence-electron chi connectivity index (χ4n) is 1.44. The van der Waals surface area contributed by atoms with Gasteiger partial charge >= 0.3 is 0 Å². The summed E-state index contributed by atoms with van der Waals surface area (Å²) in [5, 5.41) is 11.4. The van der Waals surface area contributed by atoms with Crippen molar-refractivity contribution in [3.05, 3.63) is 42.0 Å². The van der Waals surface area contributed by atoms with E-state index in [9.17, 15) is 5.11 Å². The molecule has 3 N–H and O–H groups in total. The third-order valence-electron chi connectivity index (χ3n) is 2.16. The number of hydrogen-bond acceptors (Lipinski definition) is 2. The number of rotatable bonds is 1. The van der Waals surface area contributed by atoms with Gasteiger partial charge < -0.3 is 10.8 Å². The van der Waals surface area contributed by atoms with Crippen LogP contribution in [0.25, 0.3) is 10.8 Å². The Hall–Kier alpha value is -1.25. The zero-order chi connectivity index (χ0) is 9.26. The number of aromatic hydroxyl groups is 1. The third-order valence-corrected chi connectivity index (χ3v) is 2.16. The van der Waals surface area contributed by atoms with E-state index in [2.05, 4.69) is 0 Å². The summed E-state index contributed by atoms with van der Waals surface area (Å²) in [5.74, 6) is 0.320. The summed E-state index contributed by atoms with van der Waals surface area (Å²) in [7, 11) is 0. The second kappa shape index (κ2) is 4.31. The molecule has 0 aliphatic heterocycles. The largest absolute Gasteiger partial charge is 0.507 e. The minimum atomic E-state index is 0. The van der Waals surface area contributed by atoms with Gasteiger partial charge in [0, 0.05) is 11.9 Å². The van der Waals surface area contributed by atoms with Gasteiger partial charge in [-0.05, 0) is 23.1 Å². The van der Waals surface area contributed by atoms with Crippen LogP contribution in [0.1, 0.15) is 5.56 Å². The highest BCUT2D eigenvalue weighted by Crippen LogP contribution is 2.24. The second-order valence-corrected chi connectivity index (χ2v) is 3.04. The van der Waals surface area contributed by atoms with Crippen molar-refractivity contribution in [3.8, 4) is 5.75 Å². The van der Waals surface area contributed by atoms with E-state index in [1.54, 1.807) is 6.07 Å². The molecule has 2 rings (SSSR count). The van der Waals surface area contributed by atoms with E-state index < -0.39 is 0 Å². The quantitative estimate of drug-likeness (QED) is 0.758. The Morgan fingerprint density at radius 1 is 1.14 bits per heavy atom. The summed E-state index contributed by atoms with van der Waals surface area (Å²) in [6, 6.07) is 11.3. The number of phenols is 1. The van der Waals surface area contributed by atoms with Crippen LogP contribution in [0.5, 0.6) is 5.75 Å². The molecule has 0 unspecified atom stereocenters. The van der Waals surface area contributed by atoms with Gasteiger partial charge in [-0.1, -0.05) is 24.3 Å². The van der Waals surface area contributed by atoms with Crippen LogP contribution in [0.15, 0.2) is 36.4 Å². The van der Waals surface area contributed by atoms with E-state index >= 15 is 0 Å². The summed E-state index contributed by atoms with van der Waals surface area (Å²) < 4.78 is 0. The first kappa shape index (κ1) is 10.8. The zero-order valence-electron chi connectivity index (χ0n) is 7.60. The van der Waals surface area contributed by atoms with Crippen molar-refractivity contribution >= 4 is 23.2 Å². The van der Waals surface area contributed by atoms with Crippen LogP contribution < -0.4 is 5.73 Å². The van der Waals surface area contributed by atoms with Crippen LogP contribution in [0.3, 0.4) is 0 Å². The predicted octanol–water partition coefficient (Wildman–Crippen LogP) is 2.43. The topological polar surface area (TPSA) is 46.2 Å². The Balaban J connectivity index is 0.000000980. The van der Waals surface area contributed by atoms with Crippen molar-refractivity contribution in [2.75, 3.05) is 0 Å². The monoisotopic (exact) mass is 209 g/mol. The Labute approximate surface area is 88.8 Å². The predicted molar refractivity (Wildman–Crippen MR) is 60.8 cm³/mol. The van der Waals surface area contributed by atoms with Crippen molar-refractivity contribution < 1.29 is 5.11 Å². The van der Waals surface area contributed by atoms with Gasteiger partial charge in [-0.15, -0.1) is 12.4 Å². The van der Waals surface area contributed by atoms with Gasteiger partial charge in [0.2, 0.25) is 0 Å². The first-order valence-electron chi connectivity index (χ1n) is 4.22. The zero-order valence-corrected chi connectivity index (χ0v) is 8.42. The van der Waals surface area contributed by atoms with Gasteiger partial charge in [0.25, 0.3) is 0 Å². The molecule has 0 aliphatic carbocycles. The number of nitrogens with two attached hydrogens (primary N) is 1. The highest BCUT2D eigenvalue weighted by molar-refractivity contribution is 5.88. The van der Waals surface area contributed by atoms with Crippen LogP contribution in [0.2, 0.25) is 0 Å². The fourth-order valence-corrected chi connectivity index (χ4v) is 1.44. The highest BCUT2D eigenvalue weighted by atomic mass is 35.5. The molecule has 74 valence electrons. The molecule has 0 fully saturated rings. The van der Waals surface area contributed by atoms with E-state index in [4.69, 9.17) is 5.73 Å². The molecular weight excluding hydrogens is 198 g/mol. The minimum Gasteiger partial charge on any atom is -0.507 e. The maximum Gasteiger partial charge on any atom is 0.123 e. The molecule has 2 aromatic carbocycles. The van der Waals surface area contributed by atoms with E-state index in [1.165, 1.54) is 0 Å². The molecule has 0 saturated heterocycles. The molecule has 0 aliphatic rings. The van der Waals surface area contributed by atoms with Gasteiger partial charge in [0.15, 0.2) is 0 Å². The van der Waals surface area contributed by atoms with Crippen LogP contribution >= 0.6 is 12.4 Å². The van der Waals surface area contributed by atoms with E-state index in [-0.39, 0.29) is 12.4 Å². The van der Waals surface area contributed by atoms with Gasteiger partial charge in [-0.3, -0.25) is 0 Å². The molecule has 0 amide bonds. The lowest BCUT2D eigenvalue weighted by atomic mass is 10.1. The smallest absolute Gasteiger partial charge is 0.123 e. The average molecular weight is 210 g/mol. The molecule has 2 nitrogen and oxygen atoms in total. The van der Waals surface area contributed by atoms with Crippen LogP contribution in [-0.4, -0.2) is 5.11 Å². The Morgan fingerprint density at radius 3 is 2.64 bits per heavy atom. The van der Waals surface area contributed by atoms with Crippen molar-refractivity contribution in [3.63, 3.8) is 0 Å². The lowest BCUT2D eigenvalue weighted by Crippen LogP contribution is -1.95. The van der Waals surface area contributed by atoms with Gasteiger partial charge in [0.1, 0.15) is 5.75 Å². The lowest BCUT2D eigenvalue weighted by molar-refractivity contribution is 0.481. The van der Waals surface area contributed by atoms with Crippen molar-refractivity contribution in [2.45, 2.75) is 6.54 Å². The normalized spacial score (nSPS) is 9.79. The van der Waals surface area contributed by atoms with Crippen LogP contribution in [-0.2, 0) is 6.54 Å². The Morgan fingerprint density at radius 2 is 1.93 bits per heavy atom. The Bertz CT molecular complexity index is 442. The number of halogens is 1. The SMILES string of the molecule is Cl.NCc1ccc2c(O)cccc2c1. The number of hydrogen-bond donors (Lipinski definition) is 2. The molecular formula is C11H12ClNO. The summed E-state index contributed by atoms with van der Waals surface area (Å²) in [5.41, 5.74) is 6.60. The number of benzene rings is 2. The minimum absolute atomic E-state index is 0. The second-order valence-electron chi connectivity index (χ2n) is 3.04. The maximum atomic E-state index is 9.50. The van der Waals surface area contributed by atoms with Crippen LogP contribution in [0.4, 0.5) is 0 Å². The lowest BCUT2D eigenvalue weighted by Gasteiger charge is -2.02. The molecule has 0 atom stereocenters. The summed E-state index contributed by atoms with van der Waals surface area (Å²) >= 11 is 0. The molecule has 0 heterocycles. The summed E-state index contributed by atoms with van der Waals surface area (Å²) in [4.78, 5) is 0. The highest BCUT2D eigenvalue weighted by Gasteiger charge is 1.98. The molecule has 2 aromatic rings. The van der Waals surface area contributed by atoms with E-state index in [0.29, 0.717) is 12.3 Å². The fraction of sp³-hybridized carbons (Fsp3) is 0.0909. The van der Waals surface area contributed by atoms with Crippen molar-refractivity contribution in [1.29, 1.82) is 0 Å². The van der Waals surface area contributed by atoms with Crippen molar-refractivity contribution in [1.82, 2.24) is 0 Å². The molecule has 0 aromatic heterocycles. The van der Waals surface area contributed by atoms with E-state index in [0.717, 1.165) is 16.3 Å². The molecule has 14 heavy (non-hydrogen) atoms. The summed E-state index contributed by atoms with van der Waals surface area (Å²) in [6.07, 6.45) is 0. The molecule has 3 heteroatoms.